The van der Waals surface area contributed by atoms with Crippen LogP contribution < -0.4 is 10.2 Å². The second kappa shape index (κ2) is 8.07. The number of hydrogen-bond donors (Lipinski definition) is 1. The van der Waals surface area contributed by atoms with Crippen molar-refractivity contribution in [2.24, 2.45) is 5.10 Å². The Labute approximate surface area is 160 Å². The Hall–Kier alpha value is -2.78. The molecule has 0 aliphatic heterocycles. The summed E-state index contributed by atoms with van der Waals surface area (Å²) in [5, 5.41) is 16.4. The third-order valence-electron chi connectivity index (χ3n) is 3.36. The molecule has 0 fully saturated rings. The van der Waals surface area contributed by atoms with E-state index in [0.717, 1.165) is 26.6 Å². The highest BCUT2D eigenvalue weighted by molar-refractivity contribution is 9.10. The van der Waals surface area contributed by atoms with Crippen LogP contribution in [0.4, 0.5) is 5.00 Å². The van der Waals surface area contributed by atoms with Crippen molar-refractivity contribution in [1.82, 2.24) is 5.43 Å². The lowest BCUT2D eigenvalue weighted by Gasteiger charge is -2.09. The number of nitro groups is 1. The topological polar surface area (TPSA) is 93.8 Å². The van der Waals surface area contributed by atoms with Gasteiger partial charge in [0.1, 0.15) is 5.75 Å². The van der Waals surface area contributed by atoms with Gasteiger partial charge in [0.15, 0.2) is 6.61 Å². The first-order chi connectivity index (χ1) is 12.5. The van der Waals surface area contributed by atoms with E-state index in [2.05, 4.69) is 26.5 Å². The number of hydrazone groups is 1. The van der Waals surface area contributed by atoms with Crippen molar-refractivity contribution >= 4 is 55.2 Å². The summed E-state index contributed by atoms with van der Waals surface area (Å²) in [6.07, 6.45) is 1.35. The number of carbonyl (C=O) groups is 1. The zero-order valence-corrected chi connectivity index (χ0v) is 15.6. The van der Waals surface area contributed by atoms with Crippen LogP contribution in [0.25, 0.3) is 10.8 Å². The van der Waals surface area contributed by atoms with Gasteiger partial charge in [-0.2, -0.15) is 5.10 Å². The van der Waals surface area contributed by atoms with Gasteiger partial charge in [0.25, 0.3) is 5.91 Å². The second-order valence-corrected chi connectivity index (χ2v) is 7.00. The monoisotopic (exact) mass is 433 g/mol. The van der Waals surface area contributed by atoms with Crippen LogP contribution in [0, 0.1) is 10.1 Å². The van der Waals surface area contributed by atoms with Crippen molar-refractivity contribution in [2.75, 3.05) is 6.61 Å². The van der Waals surface area contributed by atoms with Gasteiger partial charge in [-0.25, -0.2) is 5.43 Å². The van der Waals surface area contributed by atoms with Crippen molar-refractivity contribution in [2.45, 2.75) is 0 Å². The van der Waals surface area contributed by atoms with E-state index in [4.69, 9.17) is 4.74 Å². The number of carbonyl (C=O) groups excluding carboxylic acids is 1. The van der Waals surface area contributed by atoms with E-state index in [1.807, 2.05) is 30.3 Å². The third-order valence-corrected chi connectivity index (χ3v) is 5.15. The highest BCUT2D eigenvalue weighted by atomic mass is 79.9. The molecular formula is C17H12BrN3O4S. The fourth-order valence-electron chi connectivity index (χ4n) is 2.18. The van der Waals surface area contributed by atoms with Crippen LogP contribution in [0.2, 0.25) is 0 Å². The van der Waals surface area contributed by atoms with Crippen LogP contribution >= 0.6 is 27.3 Å². The van der Waals surface area contributed by atoms with Crippen molar-refractivity contribution in [3.63, 3.8) is 0 Å². The summed E-state index contributed by atoms with van der Waals surface area (Å²) in [4.78, 5) is 22.5. The van der Waals surface area contributed by atoms with Gasteiger partial charge in [0, 0.05) is 6.07 Å². The molecule has 9 heteroatoms. The standard InChI is InChI=1S/C17H12BrN3O4S/c18-17-13-4-2-1-3-11(13)5-7-14(17)25-10-15(22)20-19-9-12-6-8-16(26-12)21(23)24/h1-9H,10H2,(H,20,22)/b19-9+. The number of amides is 1. The molecule has 0 aliphatic carbocycles. The highest BCUT2D eigenvalue weighted by Gasteiger charge is 2.09. The van der Waals surface area contributed by atoms with Crippen molar-refractivity contribution in [1.29, 1.82) is 0 Å². The molecule has 0 saturated heterocycles. The zero-order chi connectivity index (χ0) is 18.5. The Morgan fingerprint density at radius 2 is 2.08 bits per heavy atom. The summed E-state index contributed by atoms with van der Waals surface area (Å²) in [7, 11) is 0. The van der Waals surface area contributed by atoms with E-state index in [1.54, 1.807) is 12.1 Å². The Morgan fingerprint density at radius 3 is 2.85 bits per heavy atom. The molecule has 0 spiro atoms. The SMILES string of the molecule is O=C(COc1ccc2ccccc2c1Br)N/N=C/c1ccc([N+](=O)[O-])s1. The summed E-state index contributed by atoms with van der Waals surface area (Å²) in [5.74, 6) is 0.115. The molecule has 132 valence electrons. The summed E-state index contributed by atoms with van der Waals surface area (Å²) >= 11 is 4.46. The molecular weight excluding hydrogens is 422 g/mol. The maximum absolute atomic E-state index is 11.8. The minimum atomic E-state index is -0.476. The fourth-order valence-corrected chi connectivity index (χ4v) is 3.48. The molecule has 0 unspecified atom stereocenters. The Kier molecular flexibility index (Phi) is 5.59. The number of halogens is 1. The smallest absolute Gasteiger partial charge is 0.324 e. The Bertz CT molecular complexity index is 1000. The van der Waals surface area contributed by atoms with Gasteiger partial charge in [-0.1, -0.05) is 41.7 Å². The first kappa shape index (κ1) is 18.0. The molecule has 26 heavy (non-hydrogen) atoms. The Balaban J connectivity index is 1.56. The predicted molar refractivity (Wildman–Crippen MR) is 104 cm³/mol. The van der Waals surface area contributed by atoms with Crippen LogP contribution in [0.5, 0.6) is 5.75 Å². The lowest BCUT2D eigenvalue weighted by atomic mass is 10.1. The van der Waals surface area contributed by atoms with E-state index in [1.165, 1.54) is 12.3 Å². The molecule has 0 atom stereocenters. The molecule has 2 aromatic carbocycles. The molecule has 1 amide bonds. The maximum atomic E-state index is 11.8. The lowest BCUT2D eigenvalue weighted by molar-refractivity contribution is -0.380. The van der Waals surface area contributed by atoms with Crippen LogP contribution in [-0.2, 0) is 4.79 Å². The van der Waals surface area contributed by atoms with Gasteiger partial charge < -0.3 is 4.74 Å². The van der Waals surface area contributed by atoms with Gasteiger partial charge in [-0.15, -0.1) is 0 Å². The van der Waals surface area contributed by atoms with Crippen LogP contribution in [0.15, 0.2) is 58.1 Å². The second-order valence-electron chi connectivity index (χ2n) is 5.11. The van der Waals surface area contributed by atoms with E-state index in [9.17, 15) is 14.9 Å². The minimum absolute atomic E-state index is 0.0160. The van der Waals surface area contributed by atoms with Crippen LogP contribution in [-0.4, -0.2) is 23.7 Å². The normalized spacial score (nSPS) is 11.0. The van der Waals surface area contributed by atoms with Crippen molar-refractivity contribution < 1.29 is 14.5 Å². The number of fused-ring (bicyclic) bond motifs is 1. The Morgan fingerprint density at radius 1 is 1.27 bits per heavy atom. The van der Waals surface area contributed by atoms with Crippen LogP contribution in [0.1, 0.15) is 4.88 Å². The zero-order valence-electron chi connectivity index (χ0n) is 13.2. The average Bonchev–Trinajstić information content (AvgIpc) is 3.11. The number of benzene rings is 2. The molecule has 7 nitrogen and oxygen atoms in total. The van der Waals surface area contributed by atoms with E-state index >= 15 is 0 Å². The summed E-state index contributed by atoms with van der Waals surface area (Å²) in [5.41, 5.74) is 2.32. The number of rotatable bonds is 6. The number of hydrogen-bond acceptors (Lipinski definition) is 6. The predicted octanol–water partition coefficient (Wildman–Crippen LogP) is 4.10. The molecule has 0 bridgehead atoms. The maximum Gasteiger partial charge on any atom is 0.324 e. The minimum Gasteiger partial charge on any atom is -0.483 e. The molecule has 3 aromatic rings. The molecule has 3 rings (SSSR count). The van der Waals surface area contributed by atoms with E-state index in [-0.39, 0.29) is 11.6 Å². The third kappa shape index (κ3) is 4.24. The largest absolute Gasteiger partial charge is 0.483 e. The van der Waals surface area contributed by atoms with Gasteiger partial charge in [0.2, 0.25) is 0 Å². The molecule has 0 saturated carbocycles. The summed E-state index contributed by atoms with van der Waals surface area (Å²) in [6.45, 7) is -0.209. The van der Waals surface area contributed by atoms with Gasteiger partial charge in [-0.05, 0) is 38.8 Å². The molecule has 1 heterocycles. The first-order valence-electron chi connectivity index (χ1n) is 7.41. The number of ether oxygens (including phenoxy) is 1. The van der Waals surface area contributed by atoms with Gasteiger partial charge in [0.05, 0.1) is 20.5 Å². The lowest BCUT2D eigenvalue weighted by Crippen LogP contribution is -2.24. The van der Waals surface area contributed by atoms with Crippen molar-refractivity contribution in [3.05, 3.63) is 68.0 Å². The average molecular weight is 434 g/mol. The van der Waals surface area contributed by atoms with E-state index in [0.29, 0.717) is 10.6 Å². The van der Waals surface area contributed by atoms with Crippen LogP contribution in [0.3, 0.4) is 0 Å². The van der Waals surface area contributed by atoms with Gasteiger partial charge >= 0.3 is 5.00 Å². The summed E-state index contributed by atoms with van der Waals surface area (Å²) in [6, 6.07) is 14.4. The first-order valence-corrected chi connectivity index (χ1v) is 9.02. The van der Waals surface area contributed by atoms with E-state index < -0.39 is 10.8 Å². The fraction of sp³-hybridized carbons (Fsp3) is 0.0588. The molecule has 0 aliphatic rings. The highest BCUT2D eigenvalue weighted by Crippen LogP contribution is 2.32. The number of nitrogens with zero attached hydrogens (tertiary/aromatic N) is 2. The quantitative estimate of drug-likeness (QED) is 0.359. The summed E-state index contributed by atoms with van der Waals surface area (Å²) < 4.78 is 6.30. The van der Waals surface area contributed by atoms with Crippen molar-refractivity contribution in [3.8, 4) is 5.75 Å². The molecule has 1 aromatic heterocycles. The number of thiophene rings is 1. The molecule has 1 N–H and O–H groups in total. The number of nitrogens with one attached hydrogen (secondary N) is 1. The molecule has 0 radical (unpaired) electrons. The van der Waals surface area contributed by atoms with Gasteiger partial charge in [-0.3, -0.25) is 14.9 Å².